The van der Waals surface area contributed by atoms with Gasteiger partial charge in [-0.3, -0.25) is 10.1 Å². The van der Waals surface area contributed by atoms with E-state index in [2.05, 4.69) is 26.6 Å². The van der Waals surface area contributed by atoms with E-state index in [1.54, 1.807) is 6.07 Å². The van der Waals surface area contributed by atoms with E-state index in [9.17, 15) is 9.59 Å². The SMILES string of the molecule is Cc1ccc(OCC(=O)NC(=O)NC2CCCC2)c(Br)c1. The quantitative estimate of drug-likeness (QED) is 0.873. The molecule has 1 aliphatic rings. The van der Waals surface area contributed by atoms with Crippen LogP contribution in [0.4, 0.5) is 4.79 Å². The Labute approximate surface area is 132 Å². The van der Waals surface area contributed by atoms with E-state index in [1.807, 2.05) is 19.1 Å². The lowest BCUT2D eigenvalue weighted by Crippen LogP contribution is -2.45. The molecule has 0 aromatic heterocycles. The summed E-state index contributed by atoms with van der Waals surface area (Å²) in [6.45, 7) is 1.77. The Morgan fingerprint density at radius 1 is 1.33 bits per heavy atom. The van der Waals surface area contributed by atoms with E-state index >= 15 is 0 Å². The van der Waals surface area contributed by atoms with Crippen LogP contribution in [-0.4, -0.2) is 24.6 Å². The fourth-order valence-electron chi connectivity index (χ4n) is 2.32. The van der Waals surface area contributed by atoms with E-state index in [0.717, 1.165) is 35.7 Å². The summed E-state index contributed by atoms with van der Waals surface area (Å²) in [4.78, 5) is 23.3. The van der Waals surface area contributed by atoms with Crippen molar-refractivity contribution in [3.63, 3.8) is 0 Å². The molecule has 0 saturated heterocycles. The summed E-state index contributed by atoms with van der Waals surface area (Å²) in [5, 5.41) is 5.07. The molecule has 1 aliphatic carbocycles. The average molecular weight is 355 g/mol. The highest BCUT2D eigenvalue weighted by Crippen LogP contribution is 2.25. The van der Waals surface area contributed by atoms with Crippen LogP contribution in [0.3, 0.4) is 0 Å². The minimum atomic E-state index is -0.460. The minimum absolute atomic E-state index is 0.185. The van der Waals surface area contributed by atoms with E-state index in [0.29, 0.717) is 5.75 Å². The largest absolute Gasteiger partial charge is 0.483 e. The lowest BCUT2D eigenvalue weighted by atomic mass is 10.2. The molecule has 1 aromatic rings. The van der Waals surface area contributed by atoms with Gasteiger partial charge in [-0.25, -0.2) is 4.79 Å². The molecule has 0 atom stereocenters. The van der Waals surface area contributed by atoms with Crippen molar-refractivity contribution in [2.24, 2.45) is 0 Å². The summed E-state index contributed by atoms with van der Waals surface area (Å²) in [5.41, 5.74) is 1.09. The van der Waals surface area contributed by atoms with Crippen molar-refractivity contribution >= 4 is 27.9 Å². The van der Waals surface area contributed by atoms with Crippen molar-refractivity contribution < 1.29 is 14.3 Å². The zero-order valence-electron chi connectivity index (χ0n) is 11.9. The molecule has 0 aliphatic heterocycles. The van der Waals surface area contributed by atoms with E-state index in [-0.39, 0.29) is 12.6 Å². The monoisotopic (exact) mass is 354 g/mol. The van der Waals surface area contributed by atoms with Gasteiger partial charge in [0.2, 0.25) is 0 Å². The molecule has 1 saturated carbocycles. The Kier molecular flexibility index (Phi) is 5.61. The molecule has 1 fully saturated rings. The van der Waals surface area contributed by atoms with Gasteiger partial charge in [0.05, 0.1) is 4.47 Å². The van der Waals surface area contributed by atoms with Crippen molar-refractivity contribution in [3.05, 3.63) is 28.2 Å². The molecule has 3 amide bonds. The third kappa shape index (κ3) is 5.04. The Balaban J connectivity index is 1.75. The van der Waals surface area contributed by atoms with Gasteiger partial charge >= 0.3 is 6.03 Å². The van der Waals surface area contributed by atoms with Gasteiger partial charge in [0.1, 0.15) is 5.75 Å². The second kappa shape index (κ2) is 7.45. The molecule has 0 heterocycles. The Bertz CT molecular complexity index is 528. The number of aryl methyl sites for hydroxylation is 1. The first-order valence-electron chi connectivity index (χ1n) is 7.04. The summed E-state index contributed by atoms with van der Waals surface area (Å²) in [7, 11) is 0. The maximum Gasteiger partial charge on any atom is 0.321 e. The highest BCUT2D eigenvalue weighted by molar-refractivity contribution is 9.10. The molecular formula is C15H19BrN2O3. The fourth-order valence-corrected chi connectivity index (χ4v) is 2.93. The second-order valence-electron chi connectivity index (χ2n) is 5.23. The van der Waals surface area contributed by atoms with Crippen LogP contribution in [0.2, 0.25) is 0 Å². The Hall–Kier alpha value is -1.56. The van der Waals surface area contributed by atoms with E-state index in [4.69, 9.17) is 4.74 Å². The van der Waals surface area contributed by atoms with Crippen LogP contribution in [0.15, 0.2) is 22.7 Å². The van der Waals surface area contributed by atoms with Gasteiger partial charge in [-0.15, -0.1) is 0 Å². The van der Waals surface area contributed by atoms with Gasteiger partial charge < -0.3 is 10.1 Å². The standard InChI is InChI=1S/C15H19BrN2O3/c1-10-6-7-13(12(16)8-10)21-9-14(19)18-15(20)17-11-4-2-3-5-11/h6-8,11H,2-5,9H2,1H3,(H2,17,18,19,20). The number of amides is 3. The molecule has 2 rings (SSSR count). The van der Waals surface area contributed by atoms with Gasteiger partial charge in [-0.2, -0.15) is 0 Å². The van der Waals surface area contributed by atoms with Crippen LogP contribution >= 0.6 is 15.9 Å². The molecule has 21 heavy (non-hydrogen) atoms. The van der Waals surface area contributed by atoms with Crippen molar-refractivity contribution in [2.75, 3.05) is 6.61 Å². The van der Waals surface area contributed by atoms with Crippen LogP contribution in [0, 0.1) is 6.92 Å². The smallest absolute Gasteiger partial charge is 0.321 e. The molecule has 5 nitrogen and oxygen atoms in total. The normalized spacial score (nSPS) is 14.8. The highest BCUT2D eigenvalue weighted by Gasteiger charge is 2.18. The van der Waals surface area contributed by atoms with Gasteiger partial charge in [-0.1, -0.05) is 18.9 Å². The van der Waals surface area contributed by atoms with Crippen LogP contribution in [0.5, 0.6) is 5.75 Å². The van der Waals surface area contributed by atoms with Crippen LogP contribution in [0.1, 0.15) is 31.2 Å². The van der Waals surface area contributed by atoms with Crippen molar-refractivity contribution in [2.45, 2.75) is 38.6 Å². The zero-order valence-corrected chi connectivity index (χ0v) is 13.5. The second-order valence-corrected chi connectivity index (χ2v) is 6.08. The molecule has 2 N–H and O–H groups in total. The number of nitrogens with one attached hydrogen (secondary N) is 2. The number of imide groups is 1. The third-order valence-electron chi connectivity index (χ3n) is 3.39. The average Bonchev–Trinajstić information content (AvgIpc) is 2.90. The predicted octanol–water partition coefficient (Wildman–Crippen LogP) is 2.90. The molecule has 0 bridgehead atoms. The van der Waals surface area contributed by atoms with Gasteiger partial charge in [0.15, 0.2) is 6.61 Å². The first-order chi connectivity index (χ1) is 10.0. The first kappa shape index (κ1) is 15.8. The Morgan fingerprint density at radius 3 is 2.71 bits per heavy atom. The summed E-state index contributed by atoms with van der Waals surface area (Å²) in [5.74, 6) is 0.116. The van der Waals surface area contributed by atoms with Crippen LogP contribution in [0.25, 0.3) is 0 Å². The highest BCUT2D eigenvalue weighted by atomic mass is 79.9. The summed E-state index contributed by atoms with van der Waals surface area (Å²) >= 11 is 3.37. The number of carbonyl (C=O) groups excluding carboxylic acids is 2. The van der Waals surface area contributed by atoms with Gasteiger partial charge in [0, 0.05) is 6.04 Å². The zero-order chi connectivity index (χ0) is 15.2. The fraction of sp³-hybridized carbons (Fsp3) is 0.467. The molecule has 0 unspecified atom stereocenters. The number of halogens is 1. The maximum absolute atomic E-state index is 11.7. The third-order valence-corrected chi connectivity index (χ3v) is 4.01. The van der Waals surface area contributed by atoms with Crippen LogP contribution in [-0.2, 0) is 4.79 Å². The molecule has 114 valence electrons. The number of rotatable bonds is 4. The molecule has 0 spiro atoms. The summed E-state index contributed by atoms with van der Waals surface area (Å²) in [6.07, 6.45) is 4.22. The first-order valence-corrected chi connectivity index (χ1v) is 7.83. The van der Waals surface area contributed by atoms with Gasteiger partial charge in [-0.05, 0) is 53.4 Å². The Morgan fingerprint density at radius 2 is 2.05 bits per heavy atom. The number of carbonyl (C=O) groups is 2. The van der Waals surface area contributed by atoms with Gasteiger partial charge in [0.25, 0.3) is 5.91 Å². The lowest BCUT2D eigenvalue weighted by Gasteiger charge is -2.13. The maximum atomic E-state index is 11.7. The summed E-state index contributed by atoms with van der Waals surface area (Å²) in [6, 6.07) is 5.32. The van der Waals surface area contributed by atoms with Crippen molar-refractivity contribution in [1.82, 2.24) is 10.6 Å². The number of hydrogen-bond acceptors (Lipinski definition) is 3. The lowest BCUT2D eigenvalue weighted by molar-refractivity contribution is -0.122. The van der Waals surface area contributed by atoms with E-state index in [1.165, 1.54) is 0 Å². The molecule has 0 radical (unpaired) electrons. The topological polar surface area (TPSA) is 67.4 Å². The molecular weight excluding hydrogens is 336 g/mol. The molecule has 6 heteroatoms. The molecule has 1 aromatic carbocycles. The van der Waals surface area contributed by atoms with Crippen molar-refractivity contribution in [3.8, 4) is 5.75 Å². The minimum Gasteiger partial charge on any atom is -0.483 e. The van der Waals surface area contributed by atoms with E-state index < -0.39 is 11.9 Å². The predicted molar refractivity (Wildman–Crippen MR) is 83.3 cm³/mol. The summed E-state index contributed by atoms with van der Waals surface area (Å²) < 4.78 is 6.17. The number of hydrogen-bond donors (Lipinski definition) is 2. The number of urea groups is 1. The number of benzene rings is 1. The van der Waals surface area contributed by atoms with Crippen LogP contribution < -0.4 is 15.4 Å². The number of ether oxygens (including phenoxy) is 1. The van der Waals surface area contributed by atoms with Crippen molar-refractivity contribution in [1.29, 1.82) is 0 Å².